The first-order valence-corrected chi connectivity index (χ1v) is 8.42. The maximum atomic E-state index is 12.0. The Morgan fingerprint density at radius 3 is 2.67 bits per heavy atom. The standard InChI is InChI=1S/C21H23NO2/c1-14(2)20-10-17-11-21(24-13-16-7-5-4-6-8-16)19(15(3)23)9-18(17)12-22-20/h4-9,11-12,14,20H,10,13H2,1-3H3. The molecule has 2 aromatic rings. The minimum Gasteiger partial charge on any atom is -0.488 e. The van der Waals surface area contributed by atoms with E-state index in [-0.39, 0.29) is 5.78 Å². The van der Waals surface area contributed by atoms with E-state index >= 15 is 0 Å². The summed E-state index contributed by atoms with van der Waals surface area (Å²) in [5.74, 6) is 1.18. The van der Waals surface area contributed by atoms with E-state index in [1.54, 1.807) is 6.92 Å². The average Bonchev–Trinajstić information content (AvgIpc) is 2.59. The minimum absolute atomic E-state index is 0.0141. The van der Waals surface area contributed by atoms with Crippen LogP contribution in [0.1, 0.15) is 47.8 Å². The molecule has 3 rings (SSSR count). The van der Waals surface area contributed by atoms with Crippen LogP contribution >= 0.6 is 0 Å². The number of ketones is 1. The summed E-state index contributed by atoms with van der Waals surface area (Å²) in [5, 5.41) is 0. The average molecular weight is 321 g/mol. The van der Waals surface area contributed by atoms with Crippen LogP contribution in [-0.4, -0.2) is 18.0 Å². The van der Waals surface area contributed by atoms with E-state index in [0.717, 1.165) is 17.5 Å². The van der Waals surface area contributed by atoms with Crippen molar-refractivity contribution < 1.29 is 9.53 Å². The van der Waals surface area contributed by atoms with Crippen molar-refractivity contribution >= 4 is 12.0 Å². The Bertz CT molecular complexity index is 763. The van der Waals surface area contributed by atoms with Crippen molar-refractivity contribution in [2.24, 2.45) is 10.9 Å². The Balaban J connectivity index is 1.89. The van der Waals surface area contributed by atoms with Crippen LogP contribution in [-0.2, 0) is 13.0 Å². The lowest BCUT2D eigenvalue weighted by atomic mass is 9.90. The molecule has 1 aliphatic heterocycles. The van der Waals surface area contributed by atoms with E-state index in [9.17, 15) is 4.79 Å². The fraction of sp³-hybridized carbons (Fsp3) is 0.333. The topological polar surface area (TPSA) is 38.7 Å². The van der Waals surface area contributed by atoms with Gasteiger partial charge in [-0.05, 0) is 48.1 Å². The highest BCUT2D eigenvalue weighted by atomic mass is 16.5. The molecule has 0 bridgehead atoms. The van der Waals surface area contributed by atoms with E-state index < -0.39 is 0 Å². The summed E-state index contributed by atoms with van der Waals surface area (Å²) < 4.78 is 5.98. The molecule has 0 aliphatic carbocycles. The van der Waals surface area contributed by atoms with E-state index in [1.807, 2.05) is 48.7 Å². The maximum Gasteiger partial charge on any atom is 0.163 e. The van der Waals surface area contributed by atoms with Gasteiger partial charge in [-0.25, -0.2) is 0 Å². The Hall–Kier alpha value is -2.42. The summed E-state index contributed by atoms with van der Waals surface area (Å²) in [5.41, 5.74) is 3.95. The zero-order valence-electron chi connectivity index (χ0n) is 14.5. The summed E-state index contributed by atoms with van der Waals surface area (Å²) in [6.45, 7) is 6.41. The molecule has 24 heavy (non-hydrogen) atoms. The van der Waals surface area contributed by atoms with Crippen LogP contribution in [0.4, 0.5) is 0 Å². The number of ether oxygens (including phenoxy) is 1. The van der Waals surface area contributed by atoms with E-state index in [0.29, 0.717) is 29.9 Å². The van der Waals surface area contributed by atoms with Crippen LogP contribution in [0.3, 0.4) is 0 Å². The highest BCUT2D eigenvalue weighted by Gasteiger charge is 2.21. The van der Waals surface area contributed by atoms with E-state index in [4.69, 9.17) is 4.74 Å². The molecule has 0 saturated heterocycles. The van der Waals surface area contributed by atoms with Crippen LogP contribution in [0.2, 0.25) is 0 Å². The van der Waals surface area contributed by atoms with Crippen LogP contribution in [0, 0.1) is 5.92 Å². The third-order valence-corrected chi connectivity index (χ3v) is 4.46. The van der Waals surface area contributed by atoms with Gasteiger partial charge in [-0.1, -0.05) is 44.2 Å². The molecule has 0 N–H and O–H groups in total. The number of rotatable bonds is 5. The fourth-order valence-electron chi connectivity index (χ4n) is 2.93. The van der Waals surface area contributed by atoms with Crippen molar-refractivity contribution in [1.82, 2.24) is 0 Å². The predicted octanol–water partition coefficient (Wildman–Crippen LogP) is 4.47. The zero-order valence-corrected chi connectivity index (χ0v) is 14.5. The third-order valence-electron chi connectivity index (χ3n) is 4.46. The summed E-state index contributed by atoms with van der Waals surface area (Å²) in [4.78, 5) is 16.6. The molecule has 1 atom stereocenters. The van der Waals surface area contributed by atoms with Crippen molar-refractivity contribution in [1.29, 1.82) is 0 Å². The second-order valence-electron chi connectivity index (χ2n) is 6.67. The molecular formula is C21H23NO2. The van der Waals surface area contributed by atoms with Gasteiger partial charge in [0, 0.05) is 6.21 Å². The molecule has 1 aliphatic rings. The van der Waals surface area contributed by atoms with Gasteiger partial charge in [0.25, 0.3) is 0 Å². The molecule has 0 radical (unpaired) electrons. The summed E-state index contributed by atoms with van der Waals surface area (Å²) >= 11 is 0. The molecule has 0 spiro atoms. The summed E-state index contributed by atoms with van der Waals surface area (Å²) in [6.07, 6.45) is 2.79. The van der Waals surface area contributed by atoms with Gasteiger partial charge in [0.1, 0.15) is 12.4 Å². The van der Waals surface area contributed by atoms with Gasteiger partial charge < -0.3 is 4.74 Å². The first-order chi connectivity index (χ1) is 11.5. The predicted molar refractivity (Wildman–Crippen MR) is 97.1 cm³/mol. The highest BCUT2D eigenvalue weighted by molar-refractivity contribution is 5.99. The van der Waals surface area contributed by atoms with Crippen molar-refractivity contribution in [2.75, 3.05) is 0 Å². The number of hydrogen-bond donors (Lipinski definition) is 0. The van der Waals surface area contributed by atoms with Crippen molar-refractivity contribution in [3.8, 4) is 5.75 Å². The highest BCUT2D eigenvalue weighted by Crippen LogP contribution is 2.29. The molecule has 2 aromatic carbocycles. The quantitative estimate of drug-likeness (QED) is 0.762. The molecule has 0 saturated carbocycles. The zero-order chi connectivity index (χ0) is 17.1. The van der Waals surface area contributed by atoms with Crippen molar-refractivity contribution in [3.63, 3.8) is 0 Å². The molecule has 0 amide bonds. The molecule has 0 aromatic heterocycles. The van der Waals surface area contributed by atoms with Crippen molar-refractivity contribution in [3.05, 3.63) is 64.7 Å². The van der Waals surface area contributed by atoms with Gasteiger partial charge in [0.05, 0.1) is 11.6 Å². The largest absolute Gasteiger partial charge is 0.488 e. The van der Waals surface area contributed by atoms with Crippen LogP contribution in [0.15, 0.2) is 47.5 Å². The van der Waals surface area contributed by atoms with Gasteiger partial charge in [0.15, 0.2) is 5.78 Å². The number of aliphatic imine (C=N–C) groups is 1. The number of carbonyl (C=O) groups excluding carboxylic acids is 1. The number of fused-ring (bicyclic) bond motifs is 1. The number of carbonyl (C=O) groups is 1. The van der Waals surface area contributed by atoms with Crippen LogP contribution in [0.5, 0.6) is 5.75 Å². The van der Waals surface area contributed by atoms with Gasteiger partial charge in [-0.2, -0.15) is 0 Å². The number of hydrogen-bond acceptors (Lipinski definition) is 3. The first-order valence-electron chi connectivity index (χ1n) is 8.42. The maximum absolute atomic E-state index is 12.0. The van der Waals surface area contributed by atoms with Crippen molar-refractivity contribution in [2.45, 2.75) is 39.8 Å². The Morgan fingerprint density at radius 1 is 1.25 bits per heavy atom. The monoisotopic (exact) mass is 321 g/mol. The Labute approximate surface area is 143 Å². The molecule has 1 unspecified atom stereocenters. The smallest absolute Gasteiger partial charge is 0.163 e. The van der Waals surface area contributed by atoms with E-state index in [2.05, 4.69) is 18.8 Å². The van der Waals surface area contributed by atoms with Gasteiger partial charge in [-0.15, -0.1) is 0 Å². The second-order valence-corrected chi connectivity index (χ2v) is 6.67. The molecule has 3 heteroatoms. The van der Waals surface area contributed by atoms with Gasteiger partial charge in [0.2, 0.25) is 0 Å². The third kappa shape index (κ3) is 3.56. The van der Waals surface area contributed by atoms with E-state index in [1.165, 1.54) is 5.56 Å². The lowest BCUT2D eigenvalue weighted by Gasteiger charge is -2.23. The molecule has 124 valence electrons. The van der Waals surface area contributed by atoms with Crippen LogP contribution < -0.4 is 4.74 Å². The number of Topliss-reactive ketones (excluding diaryl/α,β-unsaturated/α-hetero) is 1. The normalized spacial score (nSPS) is 16.1. The Kier molecular flexibility index (Phi) is 4.79. The Morgan fingerprint density at radius 2 is 2.00 bits per heavy atom. The molecule has 1 heterocycles. The number of benzene rings is 2. The molecule has 0 fully saturated rings. The van der Waals surface area contributed by atoms with Gasteiger partial charge in [-0.3, -0.25) is 9.79 Å². The summed E-state index contributed by atoms with van der Waals surface area (Å²) in [6, 6.07) is 14.2. The first kappa shape index (κ1) is 16.4. The molecule has 3 nitrogen and oxygen atoms in total. The minimum atomic E-state index is 0.0141. The SMILES string of the molecule is CC(=O)c1cc2c(cc1OCc1ccccc1)CC(C(C)C)N=C2. The second kappa shape index (κ2) is 7.00. The van der Waals surface area contributed by atoms with Gasteiger partial charge >= 0.3 is 0 Å². The molecular weight excluding hydrogens is 298 g/mol. The van der Waals surface area contributed by atoms with Crippen LogP contribution in [0.25, 0.3) is 0 Å². The summed E-state index contributed by atoms with van der Waals surface area (Å²) in [7, 11) is 0. The number of nitrogens with zero attached hydrogens (tertiary/aromatic N) is 1. The lowest BCUT2D eigenvalue weighted by Crippen LogP contribution is -2.21. The lowest BCUT2D eigenvalue weighted by molar-refractivity contribution is 0.101. The fourth-order valence-corrected chi connectivity index (χ4v) is 2.93.